The lowest BCUT2D eigenvalue weighted by molar-refractivity contribution is -0.130. The fourth-order valence-electron chi connectivity index (χ4n) is 4.17. The number of halogens is 2. The SMILES string of the molecule is COc1cccc(-n2c(-c3ccccc3)cc(C(=O)N3CCN(C(=O)C(Cl)Cl)CC3)c2C)c1. The molecule has 1 aliphatic heterocycles. The van der Waals surface area contributed by atoms with Crippen LogP contribution < -0.4 is 4.74 Å². The van der Waals surface area contributed by atoms with Crippen molar-refractivity contribution in [1.29, 1.82) is 0 Å². The van der Waals surface area contributed by atoms with E-state index in [2.05, 4.69) is 4.57 Å². The lowest BCUT2D eigenvalue weighted by Crippen LogP contribution is -2.51. The molecular weight excluding hydrogens is 461 g/mol. The lowest BCUT2D eigenvalue weighted by atomic mass is 10.1. The van der Waals surface area contributed by atoms with E-state index >= 15 is 0 Å². The number of aromatic nitrogens is 1. The zero-order chi connectivity index (χ0) is 23.5. The molecule has 3 aromatic rings. The number of hydrogen-bond donors (Lipinski definition) is 0. The van der Waals surface area contributed by atoms with Gasteiger partial charge in [-0.25, -0.2) is 0 Å². The molecule has 0 aliphatic carbocycles. The van der Waals surface area contributed by atoms with Crippen LogP contribution in [-0.4, -0.2) is 64.3 Å². The van der Waals surface area contributed by atoms with E-state index in [1.54, 1.807) is 16.9 Å². The van der Waals surface area contributed by atoms with Gasteiger partial charge in [-0.05, 0) is 30.7 Å². The normalized spacial score (nSPS) is 14.0. The Hall–Kier alpha value is -2.96. The Morgan fingerprint density at radius 2 is 1.58 bits per heavy atom. The number of alkyl halides is 2. The fraction of sp³-hybridized carbons (Fsp3) is 0.280. The van der Waals surface area contributed by atoms with Crippen molar-refractivity contribution in [3.63, 3.8) is 0 Å². The maximum Gasteiger partial charge on any atom is 0.255 e. The summed E-state index contributed by atoms with van der Waals surface area (Å²) >= 11 is 11.4. The third kappa shape index (κ3) is 4.72. The quantitative estimate of drug-likeness (QED) is 0.498. The number of amides is 2. The maximum absolute atomic E-state index is 13.5. The number of carbonyl (C=O) groups is 2. The van der Waals surface area contributed by atoms with Crippen LogP contribution in [0, 0.1) is 6.92 Å². The van der Waals surface area contributed by atoms with Gasteiger partial charge in [-0.2, -0.15) is 0 Å². The van der Waals surface area contributed by atoms with Crippen molar-refractivity contribution in [2.75, 3.05) is 33.3 Å². The van der Waals surface area contributed by atoms with E-state index in [4.69, 9.17) is 27.9 Å². The van der Waals surface area contributed by atoms with Crippen LogP contribution in [0.1, 0.15) is 16.1 Å². The smallest absolute Gasteiger partial charge is 0.255 e. The Labute approximate surface area is 203 Å². The van der Waals surface area contributed by atoms with E-state index in [0.29, 0.717) is 31.7 Å². The lowest BCUT2D eigenvalue weighted by Gasteiger charge is -2.35. The van der Waals surface area contributed by atoms with Gasteiger partial charge in [-0.1, -0.05) is 59.6 Å². The standard InChI is InChI=1S/C25H25Cl2N3O3/c1-17-21(24(31)28-11-13-29(14-12-28)25(32)23(26)27)16-22(18-7-4-3-5-8-18)30(17)19-9-6-10-20(15-19)33-2/h3-10,15-16,23H,11-14H2,1-2H3. The Bertz CT molecular complexity index is 1150. The van der Waals surface area contributed by atoms with Crippen LogP contribution in [0.4, 0.5) is 0 Å². The Morgan fingerprint density at radius 1 is 0.909 bits per heavy atom. The molecule has 4 rings (SSSR count). The van der Waals surface area contributed by atoms with Gasteiger partial charge in [-0.15, -0.1) is 0 Å². The first-order chi connectivity index (χ1) is 15.9. The summed E-state index contributed by atoms with van der Waals surface area (Å²) < 4.78 is 7.50. The molecule has 33 heavy (non-hydrogen) atoms. The molecule has 6 nitrogen and oxygen atoms in total. The number of methoxy groups -OCH3 is 1. The molecule has 0 atom stereocenters. The second-order valence-electron chi connectivity index (χ2n) is 7.85. The molecule has 1 aromatic heterocycles. The highest BCUT2D eigenvalue weighted by molar-refractivity contribution is 6.53. The van der Waals surface area contributed by atoms with Crippen LogP contribution in [0.25, 0.3) is 16.9 Å². The number of benzene rings is 2. The highest BCUT2D eigenvalue weighted by atomic mass is 35.5. The molecule has 0 radical (unpaired) electrons. The topological polar surface area (TPSA) is 54.8 Å². The number of piperazine rings is 1. The summed E-state index contributed by atoms with van der Waals surface area (Å²) in [5, 5.41) is 0. The van der Waals surface area contributed by atoms with Crippen molar-refractivity contribution in [1.82, 2.24) is 14.4 Å². The van der Waals surface area contributed by atoms with Crippen molar-refractivity contribution < 1.29 is 14.3 Å². The number of carbonyl (C=O) groups excluding carboxylic acids is 2. The largest absolute Gasteiger partial charge is 0.497 e. The zero-order valence-electron chi connectivity index (χ0n) is 18.5. The number of ether oxygens (including phenoxy) is 1. The van der Waals surface area contributed by atoms with Gasteiger partial charge < -0.3 is 19.1 Å². The summed E-state index contributed by atoms with van der Waals surface area (Å²) in [5.41, 5.74) is 4.31. The van der Waals surface area contributed by atoms with Gasteiger partial charge >= 0.3 is 0 Å². The summed E-state index contributed by atoms with van der Waals surface area (Å²) in [4.78, 5) is 27.9. The van der Waals surface area contributed by atoms with Gasteiger partial charge in [0.25, 0.3) is 11.8 Å². The third-order valence-electron chi connectivity index (χ3n) is 5.92. The molecule has 1 fully saturated rings. The molecule has 2 heterocycles. The van der Waals surface area contributed by atoms with Gasteiger partial charge in [-0.3, -0.25) is 9.59 Å². The van der Waals surface area contributed by atoms with E-state index in [-0.39, 0.29) is 11.8 Å². The molecule has 0 spiro atoms. The van der Waals surface area contributed by atoms with Gasteiger partial charge in [0.05, 0.1) is 18.4 Å². The molecule has 0 unspecified atom stereocenters. The molecule has 0 saturated carbocycles. The molecule has 2 aromatic carbocycles. The van der Waals surface area contributed by atoms with Crippen molar-refractivity contribution >= 4 is 35.0 Å². The Kier molecular flexibility index (Phi) is 6.96. The Morgan fingerprint density at radius 3 is 2.21 bits per heavy atom. The Balaban J connectivity index is 1.69. The van der Waals surface area contributed by atoms with Gasteiger partial charge in [0, 0.05) is 43.6 Å². The predicted octanol–water partition coefficient (Wildman–Crippen LogP) is 4.55. The van der Waals surface area contributed by atoms with E-state index < -0.39 is 4.84 Å². The van der Waals surface area contributed by atoms with Crippen LogP contribution in [0.5, 0.6) is 5.75 Å². The van der Waals surface area contributed by atoms with Crippen molar-refractivity contribution in [2.45, 2.75) is 11.8 Å². The van der Waals surface area contributed by atoms with Crippen molar-refractivity contribution in [2.24, 2.45) is 0 Å². The number of rotatable bonds is 5. The van der Waals surface area contributed by atoms with Crippen molar-refractivity contribution in [3.05, 3.63) is 71.9 Å². The minimum atomic E-state index is -1.08. The molecule has 8 heteroatoms. The van der Waals surface area contributed by atoms with E-state index in [1.165, 1.54) is 0 Å². The van der Waals surface area contributed by atoms with E-state index in [0.717, 1.165) is 28.4 Å². The first-order valence-electron chi connectivity index (χ1n) is 10.7. The average molecular weight is 486 g/mol. The monoisotopic (exact) mass is 485 g/mol. The van der Waals surface area contributed by atoms with Crippen LogP contribution in [0.2, 0.25) is 0 Å². The van der Waals surface area contributed by atoms with Crippen molar-refractivity contribution in [3.8, 4) is 22.7 Å². The van der Waals surface area contributed by atoms with E-state index in [1.807, 2.05) is 67.6 Å². The first kappa shape index (κ1) is 23.2. The number of nitrogens with zero attached hydrogens (tertiary/aromatic N) is 3. The predicted molar refractivity (Wildman–Crippen MR) is 130 cm³/mol. The molecule has 0 bridgehead atoms. The summed E-state index contributed by atoms with van der Waals surface area (Å²) in [6, 6.07) is 19.7. The maximum atomic E-state index is 13.5. The molecule has 172 valence electrons. The van der Waals surface area contributed by atoms with Gasteiger partial charge in [0.1, 0.15) is 5.75 Å². The highest BCUT2D eigenvalue weighted by Crippen LogP contribution is 2.31. The summed E-state index contributed by atoms with van der Waals surface area (Å²) in [7, 11) is 1.63. The van der Waals surface area contributed by atoms with Crippen LogP contribution in [-0.2, 0) is 4.79 Å². The summed E-state index contributed by atoms with van der Waals surface area (Å²) in [6.07, 6.45) is 0. The fourth-order valence-corrected chi connectivity index (χ4v) is 4.44. The van der Waals surface area contributed by atoms with Crippen LogP contribution in [0.3, 0.4) is 0 Å². The van der Waals surface area contributed by atoms with Crippen LogP contribution >= 0.6 is 23.2 Å². The molecule has 0 N–H and O–H groups in total. The summed E-state index contributed by atoms with van der Waals surface area (Å²) in [5.74, 6) is 0.356. The molecule has 2 amide bonds. The second kappa shape index (κ2) is 9.89. The average Bonchev–Trinajstić information content (AvgIpc) is 3.20. The molecular formula is C25H25Cl2N3O3. The minimum absolute atomic E-state index is 0.0632. The zero-order valence-corrected chi connectivity index (χ0v) is 20.0. The molecule has 1 aliphatic rings. The minimum Gasteiger partial charge on any atom is -0.497 e. The van der Waals surface area contributed by atoms with Gasteiger partial charge in [0.2, 0.25) is 0 Å². The first-order valence-corrected chi connectivity index (χ1v) is 11.6. The second-order valence-corrected chi connectivity index (χ2v) is 8.95. The van der Waals surface area contributed by atoms with Crippen LogP contribution in [0.15, 0.2) is 60.7 Å². The molecule has 1 saturated heterocycles. The van der Waals surface area contributed by atoms with Gasteiger partial charge in [0.15, 0.2) is 4.84 Å². The number of hydrogen-bond acceptors (Lipinski definition) is 3. The third-order valence-corrected chi connectivity index (χ3v) is 6.30. The van der Waals surface area contributed by atoms with E-state index in [9.17, 15) is 9.59 Å². The highest BCUT2D eigenvalue weighted by Gasteiger charge is 2.29. The summed E-state index contributed by atoms with van der Waals surface area (Å²) in [6.45, 7) is 3.61.